The summed E-state index contributed by atoms with van der Waals surface area (Å²) >= 11 is 0. The van der Waals surface area contributed by atoms with Gasteiger partial charge >= 0.3 is 0 Å². The van der Waals surface area contributed by atoms with Gasteiger partial charge in [-0.3, -0.25) is 0 Å². The molecule has 0 unspecified atom stereocenters. The molecule has 0 saturated carbocycles. The summed E-state index contributed by atoms with van der Waals surface area (Å²) in [4.78, 5) is 0. The number of anilines is 1. The van der Waals surface area contributed by atoms with E-state index in [1.807, 2.05) is 30.3 Å². The van der Waals surface area contributed by atoms with Crippen LogP contribution in [-0.4, -0.2) is 0 Å². The lowest BCUT2D eigenvalue weighted by Crippen LogP contribution is -1.95. The molecule has 0 bridgehead atoms. The third kappa shape index (κ3) is 2.69. The largest absolute Gasteiger partial charge is 0.394 e. The first-order chi connectivity index (χ1) is 8.16. The van der Waals surface area contributed by atoms with Crippen molar-refractivity contribution in [3.05, 3.63) is 65.2 Å². The van der Waals surface area contributed by atoms with Crippen LogP contribution in [0.25, 0.3) is 12.2 Å². The summed E-state index contributed by atoms with van der Waals surface area (Å²) in [5.74, 6) is -1.48. The van der Waals surface area contributed by atoms with Crippen molar-refractivity contribution >= 4 is 17.8 Å². The highest BCUT2D eigenvalue weighted by Crippen LogP contribution is 2.18. The lowest BCUT2D eigenvalue weighted by molar-refractivity contribution is 0.591. The maximum absolute atomic E-state index is 13.2. The van der Waals surface area contributed by atoms with Crippen molar-refractivity contribution in [2.75, 3.05) is 5.73 Å². The lowest BCUT2D eigenvalue weighted by atomic mass is 10.1. The molecule has 0 amide bonds. The van der Waals surface area contributed by atoms with Crippen LogP contribution in [0.1, 0.15) is 11.1 Å². The first kappa shape index (κ1) is 11.3. The molecule has 0 aliphatic rings. The van der Waals surface area contributed by atoms with Crippen LogP contribution in [0.3, 0.4) is 0 Å². The van der Waals surface area contributed by atoms with Crippen molar-refractivity contribution in [3.63, 3.8) is 0 Å². The van der Waals surface area contributed by atoms with Crippen LogP contribution >= 0.6 is 0 Å². The van der Waals surface area contributed by atoms with Gasteiger partial charge in [-0.05, 0) is 23.3 Å². The predicted molar refractivity (Wildman–Crippen MR) is 66.1 cm³/mol. The van der Waals surface area contributed by atoms with Gasteiger partial charge in [-0.25, -0.2) is 8.78 Å². The minimum atomic E-state index is -0.738. The van der Waals surface area contributed by atoms with E-state index in [1.54, 1.807) is 12.2 Å². The van der Waals surface area contributed by atoms with E-state index in [9.17, 15) is 8.78 Å². The van der Waals surface area contributed by atoms with Gasteiger partial charge in [0.1, 0.15) is 17.3 Å². The topological polar surface area (TPSA) is 26.0 Å². The third-order valence-corrected chi connectivity index (χ3v) is 2.37. The summed E-state index contributed by atoms with van der Waals surface area (Å²) in [5.41, 5.74) is 6.15. The summed E-state index contributed by atoms with van der Waals surface area (Å²) in [6.45, 7) is 0. The molecule has 17 heavy (non-hydrogen) atoms. The van der Waals surface area contributed by atoms with E-state index in [0.29, 0.717) is 5.56 Å². The van der Waals surface area contributed by atoms with Gasteiger partial charge in [0.2, 0.25) is 0 Å². The molecule has 2 rings (SSSR count). The van der Waals surface area contributed by atoms with Crippen molar-refractivity contribution < 1.29 is 8.78 Å². The van der Waals surface area contributed by atoms with E-state index in [4.69, 9.17) is 5.73 Å². The van der Waals surface area contributed by atoms with Gasteiger partial charge in [0.25, 0.3) is 0 Å². The van der Waals surface area contributed by atoms with Gasteiger partial charge in [-0.15, -0.1) is 0 Å². The molecule has 0 aromatic heterocycles. The number of hydrogen-bond donors (Lipinski definition) is 1. The number of benzene rings is 2. The minimum Gasteiger partial charge on any atom is -0.394 e. The summed E-state index contributed by atoms with van der Waals surface area (Å²) in [7, 11) is 0. The SMILES string of the molecule is Nc1c(F)cc(C=Cc2ccccc2)cc1F. The van der Waals surface area contributed by atoms with Crippen molar-refractivity contribution in [1.82, 2.24) is 0 Å². The molecule has 0 fully saturated rings. The zero-order valence-corrected chi connectivity index (χ0v) is 9.03. The van der Waals surface area contributed by atoms with Crippen LogP contribution in [0.4, 0.5) is 14.5 Å². The second-order valence-electron chi connectivity index (χ2n) is 3.64. The van der Waals surface area contributed by atoms with Crippen molar-refractivity contribution in [2.45, 2.75) is 0 Å². The Morgan fingerprint density at radius 1 is 0.824 bits per heavy atom. The molecule has 0 aliphatic carbocycles. The highest BCUT2D eigenvalue weighted by Gasteiger charge is 2.05. The fourth-order valence-corrected chi connectivity index (χ4v) is 1.46. The van der Waals surface area contributed by atoms with E-state index in [1.165, 1.54) is 12.1 Å². The standard InChI is InChI=1S/C14H11F2N/c15-12-8-11(9-13(16)14(12)17)7-6-10-4-2-1-3-5-10/h1-9H,17H2. The number of rotatable bonds is 2. The Kier molecular flexibility index (Phi) is 3.19. The molecule has 0 spiro atoms. The Morgan fingerprint density at radius 3 is 1.94 bits per heavy atom. The molecule has 1 nitrogen and oxygen atoms in total. The fraction of sp³-hybridized carbons (Fsp3) is 0. The maximum Gasteiger partial charge on any atom is 0.149 e. The summed E-state index contributed by atoms with van der Waals surface area (Å²) in [6, 6.07) is 11.9. The Hall–Kier alpha value is -2.16. The van der Waals surface area contributed by atoms with Gasteiger partial charge in [0.15, 0.2) is 0 Å². The molecule has 86 valence electrons. The number of hydrogen-bond acceptors (Lipinski definition) is 1. The molecular weight excluding hydrogens is 220 g/mol. The average molecular weight is 231 g/mol. The van der Waals surface area contributed by atoms with Crippen LogP contribution in [0.2, 0.25) is 0 Å². The molecule has 0 saturated heterocycles. The van der Waals surface area contributed by atoms with Gasteiger partial charge in [-0.2, -0.15) is 0 Å². The minimum absolute atomic E-state index is 0.443. The zero-order chi connectivity index (χ0) is 12.3. The Balaban J connectivity index is 2.28. The Labute approximate surface area is 98.2 Å². The van der Waals surface area contributed by atoms with Gasteiger partial charge in [-0.1, -0.05) is 42.5 Å². The maximum atomic E-state index is 13.2. The van der Waals surface area contributed by atoms with Crippen molar-refractivity contribution in [3.8, 4) is 0 Å². The quantitative estimate of drug-likeness (QED) is 0.618. The first-order valence-corrected chi connectivity index (χ1v) is 5.14. The molecule has 2 N–H and O–H groups in total. The van der Waals surface area contributed by atoms with Gasteiger partial charge in [0, 0.05) is 0 Å². The first-order valence-electron chi connectivity index (χ1n) is 5.14. The Morgan fingerprint density at radius 2 is 1.35 bits per heavy atom. The van der Waals surface area contributed by atoms with Crippen LogP contribution in [0, 0.1) is 11.6 Å². The highest BCUT2D eigenvalue weighted by molar-refractivity contribution is 5.70. The monoisotopic (exact) mass is 231 g/mol. The third-order valence-electron chi connectivity index (χ3n) is 2.37. The highest BCUT2D eigenvalue weighted by atomic mass is 19.1. The summed E-state index contributed by atoms with van der Waals surface area (Å²) < 4.78 is 26.3. The van der Waals surface area contributed by atoms with E-state index in [-0.39, 0.29) is 0 Å². The molecule has 2 aromatic carbocycles. The molecule has 3 heteroatoms. The fourth-order valence-electron chi connectivity index (χ4n) is 1.46. The van der Waals surface area contributed by atoms with Crippen molar-refractivity contribution in [2.24, 2.45) is 0 Å². The van der Waals surface area contributed by atoms with Crippen molar-refractivity contribution in [1.29, 1.82) is 0 Å². The molecular formula is C14H11F2N. The molecule has 0 heterocycles. The van der Waals surface area contributed by atoms with Crippen LogP contribution in [-0.2, 0) is 0 Å². The molecule has 0 radical (unpaired) electrons. The summed E-state index contributed by atoms with van der Waals surface area (Å²) in [5, 5.41) is 0. The van der Waals surface area contributed by atoms with E-state index in [2.05, 4.69) is 0 Å². The van der Waals surface area contributed by atoms with Crippen LogP contribution in [0.5, 0.6) is 0 Å². The number of nitrogen functional groups attached to an aromatic ring is 1. The summed E-state index contributed by atoms with van der Waals surface area (Å²) in [6.07, 6.45) is 3.42. The number of halogens is 2. The van der Waals surface area contributed by atoms with E-state index in [0.717, 1.165) is 5.56 Å². The second kappa shape index (κ2) is 4.78. The normalized spacial score (nSPS) is 10.9. The van der Waals surface area contributed by atoms with E-state index < -0.39 is 17.3 Å². The Bertz CT molecular complexity index is 524. The average Bonchev–Trinajstić information content (AvgIpc) is 2.34. The molecule has 2 aromatic rings. The van der Waals surface area contributed by atoms with Gasteiger partial charge < -0.3 is 5.73 Å². The van der Waals surface area contributed by atoms with Crippen LogP contribution in [0.15, 0.2) is 42.5 Å². The zero-order valence-electron chi connectivity index (χ0n) is 9.03. The molecule has 0 atom stereocenters. The smallest absolute Gasteiger partial charge is 0.149 e. The van der Waals surface area contributed by atoms with E-state index >= 15 is 0 Å². The molecule has 0 aliphatic heterocycles. The predicted octanol–water partition coefficient (Wildman–Crippen LogP) is 3.72. The number of nitrogens with two attached hydrogens (primary N) is 1. The lowest BCUT2D eigenvalue weighted by Gasteiger charge is -2.00. The second-order valence-corrected chi connectivity index (χ2v) is 3.64. The van der Waals surface area contributed by atoms with Crippen LogP contribution < -0.4 is 5.73 Å². The van der Waals surface area contributed by atoms with Gasteiger partial charge in [0.05, 0.1) is 0 Å².